The average molecular weight is 1770 g/mol. The number of benzene rings is 20. The largest absolute Gasteiger partial charge is 0.308 e. The van der Waals surface area contributed by atoms with E-state index in [-0.39, 0.29) is 0 Å². The van der Waals surface area contributed by atoms with Gasteiger partial charge in [-0.2, -0.15) is 0 Å². The molecule has 0 aliphatic heterocycles. The molecule has 6 heterocycles. The highest BCUT2D eigenvalue weighted by molar-refractivity contribution is 7.27. The first-order valence-electron chi connectivity index (χ1n) is 45.9. The van der Waals surface area contributed by atoms with E-state index in [1.807, 2.05) is 95.5 Å². The van der Waals surface area contributed by atoms with Crippen molar-refractivity contribution in [2.45, 2.75) is 0 Å². The summed E-state index contributed by atoms with van der Waals surface area (Å²) in [5.74, 6) is 3.70. The lowest BCUT2D eigenvalue weighted by atomic mass is 9.85. The summed E-state index contributed by atoms with van der Waals surface area (Å²) in [7, 11) is 0. The summed E-state index contributed by atoms with van der Waals surface area (Å²) in [6.07, 6.45) is 0. The zero-order valence-corrected chi connectivity index (χ0v) is 75.2. The van der Waals surface area contributed by atoms with Gasteiger partial charge in [-0.15, -0.1) is 22.7 Å². The Morgan fingerprint density at radius 3 is 0.882 bits per heavy atom. The van der Waals surface area contributed by atoms with Crippen LogP contribution < -0.4 is 0 Å². The molecule has 0 amide bonds. The van der Waals surface area contributed by atoms with E-state index in [1.54, 1.807) is 0 Å². The van der Waals surface area contributed by atoms with Gasteiger partial charge in [0.1, 0.15) is 0 Å². The van der Waals surface area contributed by atoms with Gasteiger partial charge in [0.15, 0.2) is 34.9 Å². The van der Waals surface area contributed by atoms with Crippen LogP contribution in [0, 0.1) is 0 Å². The predicted octanol–water partition coefficient (Wildman–Crippen LogP) is 34.0. The Morgan fingerprint density at radius 2 is 0.471 bits per heavy atom. The van der Waals surface area contributed by atoms with Crippen molar-refractivity contribution in [2.24, 2.45) is 0 Å². The topological polar surface area (TPSA) is 87.2 Å². The van der Waals surface area contributed by atoms with Crippen LogP contribution in [0.3, 0.4) is 0 Å². The van der Waals surface area contributed by atoms with Crippen LogP contribution >= 0.6 is 22.7 Å². The standard InChI is InChI=1S/2C63H40N4S/c1-6-20-41(21-7-1)47-31-18-32-48(42-22-8-2-9-23-42)57(47)45-36-37-49(54(40-45)63-65-61(43-24-10-3-11-25-43)64-62(66-63)44-26-12-4-13-27-44)51-33-19-35-56-58(51)53-39-38-52-50-30-16-17-34-55(50)67(59(52)60(53)68-56)46-28-14-5-15-29-46;1-6-19-41(20-7-1)49-30-18-31-50(42-21-8-2-9-22-42)58(49)46-33-35-48(55(40-46)63-65-61(43-23-10-3-11-24-43)64-62(66-63)44-25-12-4-13-26-44)45-34-38-57-54(39-45)53-37-36-52-51-29-16-17-32-56(51)67(59(52)60(53)68-57)47-27-14-5-15-28-47/h2*1-40H. The molecule has 0 bridgehead atoms. The third-order valence-corrected chi connectivity index (χ3v) is 28.5. The van der Waals surface area contributed by atoms with E-state index in [2.05, 4.69) is 422 Å². The molecule has 0 atom stereocenters. The highest BCUT2D eigenvalue weighted by Crippen LogP contribution is 2.52. The molecule has 8 nitrogen and oxygen atoms in total. The first kappa shape index (κ1) is 80.5. The van der Waals surface area contributed by atoms with Gasteiger partial charge in [-0.25, -0.2) is 29.9 Å². The SMILES string of the molecule is c1ccc(-c2nc(-c3ccccc3)nc(-c3cc(-c4c(-c5ccccc5)cccc4-c4ccccc4)ccc3-c3ccc4sc5c(ccc6c7ccccc7n(-c7ccccc7)c65)c4c3)n2)cc1.c1ccc(-c2nc(-c3ccccc3)nc(-c3cc(-c4c(-c5ccccc5)cccc4-c4ccccc4)ccc3-c3cccc4sc5c(ccc6c7ccccc7n(-c7ccccc7)c65)c34)n2)cc1. The van der Waals surface area contributed by atoms with Crippen molar-refractivity contribution in [3.05, 3.63) is 485 Å². The van der Waals surface area contributed by atoms with Crippen LogP contribution in [0.15, 0.2) is 485 Å². The van der Waals surface area contributed by atoms with Gasteiger partial charge in [0.05, 0.1) is 31.5 Å². The molecular weight excluding hydrogens is 1690 g/mol. The van der Waals surface area contributed by atoms with Gasteiger partial charge < -0.3 is 9.13 Å². The third kappa shape index (κ3) is 14.5. The molecule has 0 aliphatic rings. The predicted molar refractivity (Wildman–Crippen MR) is 570 cm³/mol. The molecule has 0 spiro atoms. The molecule has 0 N–H and O–H groups in total. The van der Waals surface area contributed by atoms with Gasteiger partial charge in [0.2, 0.25) is 0 Å². The van der Waals surface area contributed by atoms with Crippen molar-refractivity contribution >= 4 is 107 Å². The van der Waals surface area contributed by atoms with E-state index in [4.69, 9.17) is 29.9 Å². The Labute approximate surface area is 793 Å². The van der Waals surface area contributed by atoms with Crippen LogP contribution in [-0.2, 0) is 0 Å². The molecule has 26 aromatic rings. The third-order valence-electron chi connectivity index (χ3n) is 26.2. The van der Waals surface area contributed by atoms with Gasteiger partial charge in [0.25, 0.3) is 0 Å². The van der Waals surface area contributed by atoms with Gasteiger partial charge in [-0.05, 0) is 156 Å². The number of fused-ring (bicyclic) bond motifs is 14. The lowest BCUT2D eigenvalue weighted by Gasteiger charge is -2.19. The monoisotopic (exact) mass is 1770 g/mol. The Balaban J connectivity index is 0.000000145. The van der Waals surface area contributed by atoms with Crippen molar-refractivity contribution in [3.8, 4) is 169 Å². The minimum Gasteiger partial charge on any atom is -0.308 e. The van der Waals surface area contributed by atoms with E-state index in [0.29, 0.717) is 34.9 Å². The van der Waals surface area contributed by atoms with Gasteiger partial charge >= 0.3 is 0 Å². The van der Waals surface area contributed by atoms with Crippen LogP contribution in [0.25, 0.3) is 253 Å². The smallest absolute Gasteiger partial charge is 0.164 e. The second kappa shape index (κ2) is 34.6. The molecule has 0 radical (unpaired) electrons. The highest BCUT2D eigenvalue weighted by atomic mass is 32.1. The Morgan fingerprint density at radius 1 is 0.162 bits per heavy atom. The summed E-state index contributed by atoms with van der Waals surface area (Å²) in [6, 6.07) is 173. The highest BCUT2D eigenvalue weighted by Gasteiger charge is 2.28. The van der Waals surface area contributed by atoms with Crippen LogP contribution in [0.1, 0.15) is 0 Å². The number of hydrogen-bond donors (Lipinski definition) is 0. The summed E-state index contributed by atoms with van der Waals surface area (Å²) in [5, 5.41) is 9.88. The van der Waals surface area contributed by atoms with Crippen molar-refractivity contribution in [1.29, 1.82) is 0 Å². The molecule has 0 fully saturated rings. The molecule has 136 heavy (non-hydrogen) atoms. The Bertz CT molecular complexity index is 8810. The summed E-state index contributed by atoms with van der Waals surface area (Å²) < 4.78 is 9.86. The van der Waals surface area contributed by atoms with Crippen LogP contribution in [-0.4, -0.2) is 39.0 Å². The lowest BCUT2D eigenvalue weighted by Crippen LogP contribution is -2.01. The van der Waals surface area contributed by atoms with Crippen molar-refractivity contribution in [1.82, 2.24) is 39.0 Å². The number of aromatic nitrogens is 8. The second-order valence-corrected chi connectivity index (χ2v) is 36.3. The van der Waals surface area contributed by atoms with Crippen molar-refractivity contribution < 1.29 is 0 Å². The van der Waals surface area contributed by atoms with E-state index >= 15 is 0 Å². The molecule has 0 unspecified atom stereocenters. The maximum atomic E-state index is 5.40. The van der Waals surface area contributed by atoms with E-state index in [9.17, 15) is 0 Å². The maximum Gasteiger partial charge on any atom is 0.164 e. The molecule has 26 rings (SSSR count). The fourth-order valence-electron chi connectivity index (χ4n) is 20.0. The van der Waals surface area contributed by atoms with Crippen molar-refractivity contribution in [3.63, 3.8) is 0 Å². The maximum absolute atomic E-state index is 5.40. The normalized spacial score (nSPS) is 11.5. The number of rotatable bonds is 16. The van der Waals surface area contributed by atoms with Gasteiger partial charge in [-0.3, -0.25) is 0 Å². The summed E-state index contributed by atoms with van der Waals surface area (Å²) in [5.41, 5.74) is 30.7. The first-order valence-corrected chi connectivity index (χ1v) is 47.5. The Kier molecular flexibility index (Phi) is 20.5. The van der Waals surface area contributed by atoms with Gasteiger partial charge in [-0.1, -0.05) is 419 Å². The van der Waals surface area contributed by atoms with Crippen LogP contribution in [0.2, 0.25) is 0 Å². The zero-order chi connectivity index (χ0) is 89.9. The van der Waals surface area contributed by atoms with E-state index in [1.165, 1.54) is 84.0 Å². The van der Waals surface area contributed by atoms with Crippen LogP contribution in [0.4, 0.5) is 0 Å². The quantitative estimate of drug-likeness (QED) is 0.0958. The molecule has 6 aromatic heterocycles. The molecule has 0 aliphatic carbocycles. The summed E-state index contributed by atoms with van der Waals surface area (Å²) in [6.45, 7) is 0. The zero-order valence-electron chi connectivity index (χ0n) is 73.6. The summed E-state index contributed by atoms with van der Waals surface area (Å²) in [4.78, 5) is 31.7. The molecule has 20 aromatic carbocycles. The van der Waals surface area contributed by atoms with Crippen molar-refractivity contribution in [2.75, 3.05) is 0 Å². The van der Waals surface area contributed by atoms with Crippen LogP contribution in [0.5, 0.6) is 0 Å². The minimum atomic E-state index is 0.608. The molecule has 0 saturated carbocycles. The fraction of sp³-hybridized carbons (Fsp3) is 0. The van der Waals surface area contributed by atoms with E-state index in [0.717, 1.165) is 134 Å². The molecular formula is C126H80N8S2. The number of nitrogens with zero attached hydrogens (tertiary/aromatic N) is 8. The number of hydrogen-bond acceptors (Lipinski definition) is 8. The van der Waals surface area contributed by atoms with E-state index < -0.39 is 0 Å². The number of thiophene rings is 2. The fourth-order valence-corrected chi connectivity index (χ4v) is 22.5. The summed E-state index contributed by atoms with van der Waals surface area (Å²) >= 11 is 3.73. The lowest BCUT2D eigenvalue weighted by molar-refractivity contribution is 1.07. The second-order valence-electron chi connectivity index (χ2n) is 34.2. The Hall–Kier alpha value is -17.5. The first-order chi connectivity index (χ1) is 67.5. The van der Waals surface area contributed by atoms with Gasteiger partial charge in [0, 0.05) is 97.2 Å². The molecule has 0 saturated heterocycles. The molecule has 636 valence electrons. The average Bonchev–Trinajstić information content (AvgIpc) is 1.52. The molecule has 10 heteroatoms. The number of para-hydroxylation sites is 4. The minimum absolute atomic E-state index is 0.608.